The van der Waals surface area contributed by atoms with Gasteiger partial charge in [-0.05, 0) is 12.5 Å². The van der Waals surface area contributed by atoms with Crippen LogP contribution < -0.4 is 0 Å². The molecule has 0 bridgehead atoms. The maximum absolute atomic E-state index is 10.7. The molecule has 0 radical (unpaired) electrons. The number of rotatable bonds is 1. The maximum atomic E-state index is 10.7. The molecule has 1 aromatic carbocycles. The number of hydrogen-bond donors (Lipinski definition) is 1. The summed E-state index contributed by atoms with van der Waals surface area (Å²) in [4.78, 5) is 10.7. The molecule has 0 aliphatic rings. The van der Waals surface area contributed by atoms with Crippen molar-refractivity contribution in [3.8, 4) is 0 Å². The second-order valence-corrected chi connectivity index (χ2v) is 2.53. The van der Waals surface area contributed by atoms with E-state index in [1.807, 2.05) is 25.1 Å². The van der Waals surface area contributed by atoms with E-state index >= 15 is 0 Å². The number of benzene rings is 1. The van der Waals surface area contributed by atoms with E-state index in [1.54, 1.807) is 6.07 Å². The number of thiol groups is 1. The van der Waals surface area contributed by atoms with E-state index < -0.39 is 0 Å². The molecular weight excluding hydrogens is 144 g/mol. The van der Waals surface area contributed by atoms with Crippen LogP contribution in [-0.4, -0.2) is 5.12 Å². The lowest BCUT2D eigenvalue weighted by Crippen LogP contribution is -1.91. The van der Waals surface area contributed by atoms with Gasteiger partial charge in [0.2, 0.25) is 5.12 Å². The lowest BCUT2D eigenvalue weighted by atomic mass is 10.1. The van der Waals surface area contributed by atoms with Gasteiger partial charge in [0.1, 0.15) is 0 Å². The summed E-state index contributed by atoms with van der Waals surface area (Å²) in [5, 5.41) is -0.168. The van der Waals surface area contributed by atoms with Crippen LogP contribution in [0.3, 0.4) is 0 Å². The molecule has 0 spiro atoms. The third-order valence-electron chi connectivity index (χ3n) is 1.38. The first-order valence-electron chi connectivity index (χ1n) is 3.01. The normalized spacial score (nSPS) is 9.40. The van der Waals surface area contributed by atoms with Gasteiger partial charge in [0, 0.05) is 5.56 Å². The molecule has 0 heterocycles. The SMILES string of the molecule is Cc1ccccc1C(=O)S. The first-order valence-corrected chi connectivity index (χ1v) is 3.45. The largest absolute Gasteiger partial charge is 0.282 e. The monoisotopic (exact) mass is 152 g/mol. The van der Waals surface area contributed by atoms with Crippen LogP contribution in [0.2, 0.25) is 0 Å². The summed E-state index contributed by atoms with van der Waals surface area (Å²) in [7, 11) is 0. The standard InChI is InChI=1S/C8H8OS/c1-6-4-2-3-5-7(6)8(9)10/h2-5H,1H3,(H,9,10). The quantitative estimate of drug-likeness (QED) is 0.609. The van der Waals surface area contributed by atoms with E-state index in [0.717, 1.165) is 5.56 Å². The molecule has 1 rings (SSSR count). The molecule has 0 saturated carbocycles. The van der Waals surface area contributed by atoms with Crippen LogP contribution in [0.5, 0.6) is 0 Å². The molecule has 0 aromatic heterocycles. The number of aryl methyl sites for hydroxylation is 1. The van der Waals surface area contributed by atoms with Gasteiger partial charge in [-0.1, -0.05) is 24.3 Å². The molecule has 0 unspecified atom stereocenters. The van der Waals surface area contributed by atoms with Gasteiger partial charge >= 0.3 is 0 Å². The first-order chi connectivity index (χ1) is 4.72. The Balaban J connectivity index is 3.15. The van der Waals surface area contributed by atoms with Gasteiger partial charge in [-0.3, -0.25) is 4.79 Å². The lowest BCUT2D eigenvalue weighted by molar-refractivity contribution is 0.109. The fourth-order valence-electron chi connectivity index (χ4n) is 0.813. The van der Waals surface area contributed by atoms with Gasteiger partial charge in [-0.2, -0.15) is 0 Å². The summed E-state index contributed by atoms with van der Waals surface area (Å²) >= 11 is 3.72. The molecular formula is C8H8OS. The van der Waals surface area contributed by atoms with Crippen molar-refractivity contribution in [3.05, 3.63) is 35.4 Å². The second-order valence-electron chi connectivity index (χ2n) is 2.12. The van der Waals surface area contributed by atoms with Crippen molar-refractivity contribution in [3.63, 3.8) is 0 Å². The van der Waals surface area contributed by atoms with Crippen LogP contribution in [0.15, 0.2) is 24.3 Å². The Morgan fingerprint density at radius 3 is 2.40 bits per heavy atom. The average Bonchev–Trinajstić information content (AvgIpc) is 1.88. The van der Waals surface area contributed by atoms with Crippen LogP contribution in [0.4, 0.5) is 0 Å². The molecule has 10 heavy (non-hydrogen) atoms. The summed E-state index contributed by atoms with van der Waals surface area (Å²) in [5.41, 5.74) is 1.66. The molecule has 0 aliphatic carbocycles. The maximum Gasteiger partial charge on any atom is 0.216 e. The molecule has 0 N–H and O–H groups in total. The van der Waals surface area contributed by atoms with Gasteiger partial charge in [-0.25, -0.2) is 0 Å². The molecule has 0 fully saturated rings. The van der Waals surface area contributed by atoms with E-state index in [-0.39, 0.29) is 5.12 Å². The Morgan fingerprint density at radius 2 is 2.00 bits per heavy atom. The van der Waals surface area contributed by atoms with E-state index in [0.29, 0.717) is 5.56 Å². The van der Waals surface area contributed by atoms with Crippen molar-refractivity contribution in [1.29, 1.82) is 0 Å². The number of carbonyl (C=O) groups excluding carboxylic acids is 1. The Hall–Kier alpha value is -0.760. The highest BCUT2D eigenvalue weighted by Gasteiger charge is 2.00. The first kappa shape index (κ1) is 7.35. The summed E-state index contributed by atoms with van der Waals surface area (Å²) in [5.74, 6) is 0. The predicted octanol–water partition coefficient (Wildman–Crippen LogP) is 2.07. The number of carbonyl (C=O) groups is 1. The van der Waals surface area contributed by atoms with Crippen LogP contribution in [-0.2, 0) is 0 Å². The fourth-order valence-corrected chi connectivity index (χ4v) is 1.06. The summed E-state index contributed by atoms with van der Waals surface area (Å²) in [6, 6.07) is 7.39. The average molecular weight is 152 g/mol. The van der Waals surface area contributed by atoms with Crippen molar-refractivity contribution < 1.29 is 4.79 Å². The minimum Gasteiger partial charge on any atom is -0.282 e. The smallest absolute Gasteiger partial charge is 0.216 e. The van der Waals surface area contributed by atoms with Crippen molar-refractivity contribution in [2.45, 2.75) is 6.92 Å². The van der Waals surface area contributed by atoms with Gasteiger partial charge in [-0.15, -0.1) is 12.6 Å². The molecule has 2 heteroatoms. The molecule has 1 aromatic rings. The summed E-state index contributed by atoms with van der Waals surface area (Å²) < 4.78 is 0. The number of hydrogen-bond acceptors (Lipinski definition) is 1. The van der Waals surface area contributed by atoms with Crippen LogP contribution >= 0.6 is 12.6 Å². The van der Waals surface area contributed by atoms with Gasteiger partial charge < -0.3 is 0 Å². The fraction of sp³-hybridized carbons (Fsp3) is 0.125. The summed E-state index contributed by atoms with van der Waals surface area (Å²) in [6.45, 7) is 1.89. The van der Waals surface area contributed by atoms with E-state index in [4.69, 9.17) is 0 Å². The van der Waals surface area contributed by atoms with Crippen LogP contribution in [0.25, 0.3) is 0 Å². The summed E-state index contributed by atoms with van der Waals surface area (Å²) in [6.07, 6.45) is 0. The molecule has 0 aliphatic heterocycles. The van der Waals surface area contributed by atoms with E-state index in [1.165, 1.54) is 0 Å². The topological polar surface area (TPSA) is 17.1 Å². The zero-order chi connectivity index (χ0) is 7.56. The third-order valence-corrected chi connectivity index (χ3v) is 1.62. The van der Waals surface area contributed by atoms with Gasteiger partial charge in [0.25, 0.3) is 0 Å². The third kappa shape index (κ3) is 1.39. The Kier molecular flexibility index (Phi) is 2.12. The lowest BCUT2D eigenvalue weighted by Gasteiger charge is -1.97. The second kappa shape index (κ2) is 2.88. The minimum atomic E-state index is -0.168. The van der Waals surface area contributed by atoms with Crippen molar-refractivity contribution in [2.24, 2.45) is 0 Å². The Morgan fingerprint density at radius 1 is 1.40 bits per heavy atom. The van der Waals surface area contributed by atoms with Crippen molar-refractivity contribution >= 4 is 17.7 Å². The van der Waals surface area contributed by atoms with E-state index in [9.17, 15) is 4.79 Å². The predicted molar refractivity (Wildman–Crippen MR) is 44.5 cm³/mol. The van der Waals surface area contributed by atoms with Crippen molar-refractivity contribution in [1.82, 2.24) is 0 Å². The highest BCUT2D eigenvalue weighted by atomic mass is 32.1. The Bertz CT molecular complexity index is 255. The highest BCUT2D eigenvalue weighted by molar-refractivity contribution is 7.97. The van der Waals surface area contributed by atoms with E-state index in [2.05, 4.69) is 12.6 Å². The minimum absolute atomic E-state index is 0.168. The van der Waals surface area contributed by atoms with Crippen LogP contribution in [0, 0.1) is 6.92 Å². The molecule has 0 atom stereocenters. The molecule has 52 valence electrons. The van der Waals surface area contributed by atoms with Crippen molar-refractivity contribution in [2.75, 3.05) is 0 Å². The van der Waals surface area contributed by atoms with Gasteiger partial charge in [0.05, 0.1) is 0 Å². The zero-order valence-electron chi connectivity index (χ0n) is 5.66. The molecule has 1 nitrogen and oxygen atoms in total. The molecule has 0 amide bonds. The Labute approximate surface area is 65.5 Å². The van der Waals surface area contributed by atoms with Gasteiger partial charge in [0.15, 0.2) is 0 Å². The molecule has 0 saturated heterocycles. The van der Waals surface area contributed by atoms with Crippen LogP contribution in [0.1, 0.15) is 15.9 Å². The highest BCUT2D eigenvalue weighted by Crippen LogP contribution is 2.08. The zero-order valence-corrected chi connectivity index (χ0v) is 6.56.